The highest BCUT2D eigenvalue weighted by atomic mass is 16.2. The number of nitrogens with zero attached hydrogens (tertiary/aromatic N) is 2. The van der Waals surface area contributed by atoms with Crippen molar-refractivity contribution in [2.75, 3.05) is 29.4 Å². The number of carbonyl (C=O) groups excluding carboxylic acids is 1. The molecule has 1 aromatic rings. The molecule has 1 saturated heterocycles. The first-order valence-electron chi connectivity index (χ1n) is 6.98. The zero-order chi connectivity index (χ0) is 12.5. The van der Waals surface area contributed by atoms with E-state index >= 15 is 0 Å². The van der Waals surface area contributed by atoms with E-state index in [1.807, 2.05) is 11.8 Å². The maximum Gasteiger partial charge on any atom is 0.226 e. The molecule has 2 heterocycles. The third-order valence-corrected chi connectivity index (χ3v) is 4.03. The average Bonchev–Trinajstić information content (AvgIpc) is 3.06. The second kappa shape index (κ2) is 4.63. The van der Waals surface area contributed by atoms with E-state index in [-0.39, 0.29) is 5.91 Å². The molecule has 0 unspecified atom stereocenters. The molecule has 3 rings (SSSR count). The van der Waals surface area contributed by atoms with Crippen LogP contribution in [0.5, 0.6) is 0 Å². The molecule has 2 aliphatic heterocycles. The summed E-state index contributed by atoms with van der Waals surface area (Å²) >= 11 is 0. The number of amides is 1. The Bertz CT molecular complexity index is 464. The van der Waals surface area contributed by atoms with Gasteiger partial charge < -0.3 is 9.80 Å². The first-order chi connectivity index (χ1) is 8.79. The third-order valence-electron chi connectivity index (χ3n) is 4.03. The molecule has 18 heavy (non-hydrogen) atoms. The lowest BCUT2D eigenvalue weighted by atomic mass is 10.1. The minimum Gasteiger partial charge on any atom is -0.372 e. The van der Waals surface area contributed by atoms with Crippen LogP contribution in [-0.4, -0.2) is 25.5 Å². The van der Waals surface area contributed by atoms with Crippen molar-refractivity contribution in [3.05, 3.63) is 23.8 Å². The van der Waals surface area contributed by atoms with Crippen molar-refractivity contribution in [2.45, 2.75) is 32.6 Å². The third kappa shape index (κ3) is 1.88. The van der Waals surface area contributed by atoms with Crippen molar-refractivity contribution < 1.29 is 4.79 Å². The Morgan fingerprint density at radius 1 is 1.22 bits per heavy atom. The monoisotopic (exact) mass is 244 g/mol. The van der Waals surface area contributed by atoms with E-state index < -0.39 is 0 Å². The predicted molar refractivity (Wildman–Crippen MR) is 74.2 cm³/mol. The van der Waals surface area contributed by atoms with Crippen LogP contribution in [0.3, 0.4) is 0 Å². The van der Waals surface area contributed by atoms with Crippen molar-refractivity contribution in [3.8, 4) is 0 Å². The normalized spacial score (nSPS) is 18.3. The van der Waals surface area contributed by atoms with Gasteiger partial charge in [-0.3, -0.25) is 4.79 Å². The maximum absolute atomic E-state index is 11.8. The average molecular weight is 244 g/mol. The lowest BCUT2D eigenvalue weighted by molar-refractivity contribution is -0.118. The maximum atomic E-state index is 11.8. The molecule has 2 aliphatic rings. The lowest BCUT2D eigenvalue weighted by Crippen LogP contribution is -2.27. The van der Waals surface area contributed by atoms with Gasteiger partial charge in [-0.2, -0.15) is 0 Å². The fourth-order valence-corrected chi connectivity index (χ4v) is 3.01. The van der Waals surface area contributed by atoms with E-state index in [1.54, 1.807) is 0 Å². The van der Waals surface area contributed by atoms with Gasteiger partial charge in [0.15, 0.2) is 0 Å². The number of rotatable bonds is 2. The smallest absolute Gasteiger partial charge is 0.226 e. The quantitative estimate of drug-likeness (QED) is 0.798. The molecule has 0 aliphatic carbocycles. The molecule has 96 valence electrons. The van der Waals surface area contributed by atoms with Gasteiger partial charge in [-0.05, 0) is 43.0 Å². The van der Waals surface area contributed by atoms with Crippen LogP contribution in [0, 0.1) is 0 Å². The molecule has 3 heteroatoms. The Balaban J connectivity index is 1.86. The Kier molecular flexibility index (Phi) is 2.98. The van der Waals surface area contributed by atoms with Gasteiger partial charge in [0.2, 0.25) is 5.91 Å². The van der Waals surface area contributed by atoms with Crippen LogP contribution in [0.4, 0.5) is 11.4 Å². The van der Waals surface area contributed by atoms with Crippen molar-refractivity contribution in [2.24, 2.45) is 0 Å². The van der Waals surface area contributed by atoms with Crippen molar-refractivity contribution in [1.82, 2.24) is 0 Å². The van der Waals surface area contributed by atoms with E-state index in [1.165, 1.54) is 37.2 Å². The number of anilines is 2. The van der Waals surface area contributed by atoms with Crippen LogP contribution >= 0.6 is 0 Å². The summed E-state index contributed by atoms with van der Waals surface area (Å²) in [5.74, 6) is 0.239. The van der Waals surface area contributed by atoms with Gasteiger partial charge >= 0.3 is 0 Å². The van der Waals surface area contributed by atoms with Gasteiger partial charge in [0.1, 0.15) is 0 Å². The minimum atomic E-state index is 0.239. The molecule has 0 N–H and O–H groups in total. The molecule has 1 amide bonds. The van der Waals surface area contributed by atoms with Crippen LogP contribution in [0.1, 0.15) is 31.7 Å². The van der Waals surface area contributed by atoms with Gasteiger partial charge in [-0.25, -0.2) is 0 Å². The standard InChI is InChI=1S/C15H20N2O/c1-2-15(18)17-10-7-12-11-13(5-6-14(12)17)16-8-3-4-9-16/h5-6,11H,2-4,7-10H2,1H3. The fraction of sp³-hybridized carbons (Fsp3) is 0.533. The Labute approximate surface area is 108 Å². The predicted octanol–water partition coefficient (Wildman–Crippen LogP) is 2.59. The summed E-state index contributed by atoms with van der Waals surface area (Å²) in [6, 6.07) is 6.58. The molecular formula is C15H20N2O. The molecular weight excluding hydrogens is 224 g/mol. The first-order valence-corrected chi connectivity index (χ1v) is 6.98. The highest BCUT2D eigenvalue weighted by Gasteiger charge is 2.24. The number of fused-ring (bicyclic) bond motifs is 1. The summed E-state index contributed by atoms with van der Waals surface area (Å²) in [5.41, 5.74) is 3.79. The van der Waals surface area contributed by atoms with Gasteiger partial charge in [-0.15, -0.1) is 0 Å². The molecule has 0 radical (unpaired) electrons. The SMILES string of the molecule is CCC(=O)N1CCc2cc(N3CCCC3)ccc21. The highest BCUT2D eigenvalue weighted by Crippen LogP contribution is 2.33. The Morgan fingerprint density at radius 3 is 2.72 bits per heavy atom. The molecule has 0 saturated carbocycles. The minimum absolute atomic E-state index is 0.239. The number of hydrogen-bond acceptors (Lipinski definition) is 2. The number of carbonyl (C=O) groups is 1. The zero-order valence-electron chi connectivity index (χ0n) is 11.0. The Morgan fingerprint density at radius 2 is 2.00 bits per heavy atom. The van der Waals surface area contributed by atoms with Crippen LogP contribution in [-0.2, 0) is 11.2 Å². The summed E-state index contributed by atoms with van der Waals surface area (Å²) in [7, 11) is 0. The van der Waals surface area contributed by atoms with Crippen LogP contribution in [0.15, 0.2) is 18.2 Å². The van der Waals surface area contributed by atoms with E-state index in [2.05, 4.69) is 23.1 Å². The van der Waals surface area contributed by atoms with Crippen molar-refractivity contribution >= 4 is 17.3 Å². The summed E-state index contributed by atoms with van der Waals surface area (Å²) in [4.78, 5) is 16.2. The van der Waals surface area contributed by atoms with E-state index in [9.17, 15) is 4.79 Å². The summed E-state index contributed by atoms with van der Waals surface area (Å²) in [6.07, 6.45) is 4.20. The fourth-order valence-electron chi connectivity index (χ4n) is 3.01. The van der Waals surface area contributed by atoms with Crippen LogP contribution in [0.2, 0.25) is 0 Å². The summed E-state index contributed by atoms with van der Waals surface area (Å²) < 4.78 is 0. The van der Waals surface area contributed by atoms with Gasteiger partial charge in [-0.1, -0.05) is 6.92 Å². The summed E-state index contributed by atoms with van der Waals surface area (Å²) in [6.45, 7) is 5.14. The molecule has 0 aromatic heterocycles. The largest absolute Gasteiger partial charge is 0.372 e. The molecule has 1 aromatic carbocycles. The number of hydrogen-bond donors (Lipinski definition) is 0. The molecule has 0 spiro atoms. The van der Waals surface area contributed by atoms with Gasteiger partial charge in [0, 0.05) is 37.4 Å². The van der Waals surface area contributed by atoms with Crippen molar-refractivity contribution in [3.63, 3.8) is 0 Å². The van der Waals surface area contributed by atoms with Gasteiger partial charge in [0.05, 0.1) is 0 Å². The Hall–Kier alpha value is -1.51. The zero-order valence-corrected chi connectivity index (χ0v) is 11.0. The highest BCUT2D eigenvalue weighted by molar-refractivity contribution is 5.95. The molecule has 0 bridgehead atoms. The topological polar surface area (TPSA) is 23.6 Å². The number of benzene rings is 1. The second-order valence-corrected chi connectivity index (χ2v) is 5.16. The first kappa shape index (κ1) is 11.6. The summed E-state index contributed by atoms with van der Waals surface area (Å²) in [5, 5.41) is 0. The van der Waals surface area contributed by atoms with Crippen LogP contribution in [0.25, 0.3) is 0 Å². The molecule has 3 nitrogen and oxygen atoms in total. The van der Waals surface area contributed by atoms with Crippen molar-refractivity contribution in [1.29, 1.82) is 0 Å². The second-order valence-electron chi connectivity index (χ2n) is 5.16. The molecule has 0 atom stereocenters. The van der Waals surface area contributed by atoms with E-state index in [0.717, 1.165) is 18.7 Å². The van der Waals surface area contributed by atoms with E-state index in [4.69, 9.17) is 0 Å². The van der Waals surface area contributed by atoms with E-state index in [0.29, 0.717) is 6.42 Å². The van der Waals surface area contributed by atoms with Gasteiger partial charge in [0.25, 0.3) is 0 Å². The molecule has 1 fully saturated rings. The lowest BCUT2D eigenvalue weighted by Gasteiger charge is -2.20. The van der Waals surface area contributed by atoms with Crippen LogP contribution < -0.4 is 9.80 Å².